The summed E-state index contributed by atoms with van der Waals surface area (Å²) in [6.45, 7) is 0.409. The number of ether oxygens (including phenoxy) is 3. The van der Waals surface area contributed by atoms with E-state index >= 15 is 0 Å². The van der Waals surface area contributed by atoms with Gasteiger partial charge in [-0.2, -0.15) is 13.7 Å². The molecule has 90 heavy (non-hydrogen) atoms. The van der Waals surface area contributed by atoms with E-state index in [1.807, 2.05) is 0 Å². The maximum Gasteiger partial charge on any atom is 0.539 e. The summed E-state index contributed by atoms with van der Waals surface area (Å²) in [7, 11) is -18.8. The summed E-state index contributed by atoms with van der Waals surface area (Å²) >= 11 is 0. The van der Waals surface area contributed by atoms with E-state index in [0.717, 1.165) is 49.9 Å². The zero-order chi connectivity index (χ0) is 64.5. The number of esters is 1. The number of aliphatic hydroxyl groups is 4. The molecule has 0 spiro atoms. The molecule has 11 rings (SSSR count). The Hall–Kier alpha value is -7.39. The first-order valence-electron chi connectivity index (χ1n) is 26.7. The van der Waals surface area contributed by atoms with E-state index in [-0.39, 0.29) is 31.2 Å². The van der Waals surface area contributed by atoms with E-state index in [1.54, 1.807) is 79.7 Å². The second-order valence-electron chi connectivity index (χ2n) is 20.0. The quantitative estimate of drug-likeness (QED) is 0.0401. The Morgan fingerprint density at radius 2 is 1.19 bits per heavy atom. The van der Waals surface area contributed by atoms with Crippen LogP contribution in [0.4, 0.5) is 0 Å². The zero-order valence-electron chi connectivity index (χ0n) is 47.0. The van der Waals surface area contributed by atoms with Gasteiger partial charge < -0.3 is 62.5 Å². The van der Waals surface area contributed by atoms with Crippen molar-refractivity contribution >= 4 is 59.1 Å². The molecule has 0 aliphatic carbocycles. The number of hydrogen-bond acceptors (Lipinski definition) is 27. The van der Waals surface area contributed by atoms with Crippen LogP contribution in [0.15, 0.2) is 150 Å². The molecule has 34 nitrogen and oxygen atoms in total. The first-order valence-corrected chi connectivity index (χ1v) is 32.7. The van der Waals surface area contributed by atoms with Gasteiger partial charge in [-0.3, -0.25) is 46.2 Å². The molecule has 2 fully saturated rings. The van der Waals surface area contributed by atoms with Crippen molar-refractivity contribution in [1.82, 2.24) is 33.7 Å². The highest BCUT2D eigenvalue weighted by Crippen LogP contribution is 2.66. The maximum atomic E-state index is 13.5. The van der Waals surface area contributed by atoms with Crippen molar-refractivity contribution in [3.63, 3.8) is 0 Å². The Morgan fingerprint density at radius 1 is 0.689 bits per heavy atom. The van der Waals surface area contributed by atoms with Gasteiger partial charge in [0.1, 0.15) is 65.6 Å². The second-order valence-corrected chi connectivity index (χ2v) is 26.5. The van der Waals surface area contributed by atoms with Crippen LogP contribution in [0, 0.1) is 6.92 Å². The molecule has 0 bridgehead atoms. The summed E-state index contributed by atoms with van der Waals surface area (Å²) in [6.07, 6.45) is -10.9. The molecule has 0 amide bonds. The minimum Gasteiger partial charge on any atom is -0.468 e. The third-order valence-corrected chi connectivity index (χ3v) is 20.2. The molecule has 7 heterocycles. The third kappa shape index (κ3) is 14.5. The van der Waals surface area contributed by atoms with Crippen LogP contribution in [0.2, 0.25) is 0 Å². The molecule has 38 heteroatoms. The topological polar surface area (TPSA) is 451 Å². The molecule has 4 aromatic carbocycles. The lowest BCUT2D eigenvalue weighted by Gasteiger charge is -2.27. The number of aryl methyl sites for hydroxylation is 1. The average Bonchev–Trinajstić information content (AvgIpc) is 1.99. The summed E-state index contributed by atoms with van der Waals surface area (Å²) in [5, 5.41) is 53.8. The van der Waals surface area contributed by atoms with Crippen LogP contribution in [-0.4, -0.2) is 128 Å². The number of aliphatic hydroxyl groups excluding tert-OH is 4. The van der Waals surface area contributed by atoms with Gasteiger partial charge >= 0.3 is 48.6 Å². The van der Waals surface area contributed by atoms with E-state index in [4.69, 9.17) is 49.8 Å². The molecule has 13 atom stereocenters. The number of para-hydroxylation sites is 4. The normalized spacial score (nSPS) is 24.6. The number of nitrogens with zero attached hydrogens (tertiary/aromatic N) is 6. The van der Waals surface area contributed by atoms with Gasteiger partial charge in [-0.15, -0.1) is 0 Å². The smallest absolute Gasteiger partial charge is 0.468 e. The molecular weight excluding hydrogens is 1280 g/mol. The number of carbonyl (C=O) groups excluding carboxylic acids is 1. The van der Waals surface area contributed by atoms with Crippen LogP contribution in [-0.2, 0) is 79.2 Å². The summed E-state index contributed by atoms with van der Waals surface area (Å²) in [5.74, 6) is -0.761. The first kappa shape index (κ1) is 65.6. The molecule has 3 aliphatic rings. The molecule has 7 N–H and O–H groups in total. The third-order valence-electron chi connectivity index (χ3n) is 13.9. The van der Waals surface area contributed by atoms with E-state index in [9.17, 15) is 72.4 Å². The van der Waals surface area contributed by atoms with Gasteiger partial charge in [0.15, 0.2) is 23.6 Å². The summed E-state index contributed by atoms with van der Waals surface area (Å²) < 4.78 is 117. The number of carbonyl (C=O) groups is 1. The predicted molar refractivity (Wildman–Crippen MR) is 305 cm³/mol. The largest absolute Gasteiger partial charge is 0.539 e. The minimum absolute atomic E-state index is 0.0515. The van der Waals surface area contributed by atoms with Crippen LogP contribution >= 0.6 is 31.2 Å². The van der Waals surface area contributed by atoms with E-state index in [1.165, 1.54) is 31.2 Å². The Kier molecular flexibility index (Phi) is 19.5. The molecular formula is C52H55N7O27P4. The highest BCUT2D eigenvalue weighted by atomic mass is 31.3. The first-order chi connectivity index (χ1) is 42.7. The van der Waals surface area contributed by atoms with E-state index in [0.29, 0.717) is 44.5 Å². The van der Waals surface area contributed by atoms with Gasteiger partial charge in [0.25, 0.3) is 11.1 Å². The standard InChI is InChI=1S/C27H30N4O14P2.C25H25N3O13P2/c1-16(26(35)40-2)29-46(37,44-17-8-4-3-5-9-17)45-47(38,39)41-15-21-23(33)24(34)25(42-21)30-13-12-22(32)31(27(30)36)14-19-18-10-6-7-11-20(18)43-28-19;1-14-5-4-6-15-12-37-43(35,40-23(14)15)41-42(33,34)36-13-19-21(30)22(31)24(38-19)27-10-9-20(29)28(25(27)32)11-17-16-7-2-3-8-18(16)39-26-17/h3-13,16,21,23-25,33-34H,14-15H2,1-2H3,(H,29,37)(H,38,39);2-10,19,21-22,24,30-31H,11-13H2,1H3,(H,33,34)/t16?,21-,23?,24+,25-,46?;19-,21?,22+,24-,43?/m11/s1. The lowest BCUT2D eigenvalue weighted by molar-refractivity contribution is -0.142. The number of phosphoric acid groups is 3. The second kappa shape index (κ2) is 26.8. The van der Waals surface area contributed by atoms with Crippen molar-refractivity contribution in [3.8, 4) is 11.5 Å². The number of aromatic nitrogens is 6. The summed E-state index contributed by atoms with van der Waals surface area (Å²) in [5.41, 5.74) is -0.528. The lowest BCUT2D eigenvalue weighted by Crippen LogP contribution is -2.43. The monoisotopic (exact) mass is 1330 g/mol. The number of nitrogens with one attached hydrogen (secondary N) is 1. The number of fused-ring (bicyclic) bond motifs is 3. The Bertz CT molecular complexity index is 4400. The van der Waals surface area contributed by atoms with Gasteiger partial charge in [0, 0.05) is 40.9 Å². The molecule has 8 aromatic rings. The van der Waals surface area contributed by atoms with Crippen molar-refractivity contribution in [2.24, 2.45) is 0 Å². The molecule has 0 saturated carbocycles. The number of phosphoric ester groups is 3. The number of methoxy groups -OCH3 is 1. The van der Waals surface area contributed by atoms with E-state index in [2.05, 4.69) is 20.1 Å². The van der Waals surface area contributed by atoms with Gasteiger partial charge in [-0.05, 0) is 55.8 Å². The highest BCUT2D eigenvalue weighted by Gasteiger charge is 2.49. The Balaban J connectivity index is 0.000000199. The molecule has 3 aliphatic heterocycles. The number of hydrogen-bond donors (Lipinski definition) is 7. The zero-order valence-corrected chi connectivity index (χ0v) is 50.6. The van der Waals surface area contributed by atoms with Crippen LogP contribution in [0.5, 0.6) is 11.5 Å². The lowest BCUT2D eigenvalue weighted by atomic mass is 10.1. The SMILES string of the molecule is COC(=O)C(C)NP(=O)(Oc1ccccc1)OP(=O)(O)OC[C@H]1O[C@@H](n2ccc(=O)n(Cc3noc4ccccc34)c2=O)[C@@H](O)C1O.Cc1cccc2c1OP(=O)(OP(=O)(O)OC[C@H]1O[C@@H](n3ccc(=O)n(Cc4noc5ccccc45)c3=O)[C@@H](O)C1O)OC2. The molecule has 0 radical (unpaired) electrons. The predicted octanol–water partition coefficient (Wildman–Crippen LogP) is 3.27. The summed E-state index contributed by atoms with van der Waals surface area (Å²) in [4.78, 5) is 84.4. The van der Waals surface area contributed by atoms with Crippen molar-refractivity contribution in [2.45, 2.75) is 88.7 Å². The van der Waals surface area contributed by atoms with Crippen molar-refractivity contribution in [3.05, 3.63) is 186 Å². The van der Waals surface area contributed by atoms with Crippen LogP contribution in [0.3, 0.4) is 0 Å². The van der Waals surface area contributed by atoms with Gasteiger partial charge in [-0.25, -0.2) is 27.8 Å². The average molecular weight is 1330 g/mol. The Morgan fingerprint density at radius 3 is 1.71 bits per heavy atom. The minimum atomic E-state index is -5.32. The van der Waals surface area contributed by atoms with Gasteiger partial charge in [0.2, 0.25) is 0 Å². The van der Waals surface area contributed by atoms with Crippen LogP contribution in [0.1, 0.15) is 41.9 Å². The number of rotatable bonds is 21. The van der Waals surface area contributed by atoms with Crippen molar-refractivity contribution in [1.29, 1.82) is 0 Å². The fourth-order valence-corrected chi connectivity index (χ4v) is 15.1. The van der Waals surface area contributed by atoms with Crippen LogP contribution < -0.4 is 36.6 Å². The van der Waals surface area contributed by atoms with E-state index < -0.39 is 128 Å². The fraction of sp³-hybridized carbons (Fsp3) is 0.327. The molecule has 4 aromatic heterocycles. The maximum absolute atomic E-state index is 13.5. The highest BCUT2D eigenvalue weighted by molar-refractivity contribution is 7.63. The molecule has 7 unspecified atom stereocenters. The number of benzene rings is 4. The van der Waals surface area contributed by atoms with Crippen molar-refractivity contribution < 1.29 is 108 Å². The summed E-state index contributed by atoms with van der Waals surface area (Å²) in [6, 6.07) is 26.9. The molecule has 2 saturated heterocycles. The van der Waals surface area contributed by atoms with Gasteiger partial charge in [-0.1, -0.05) is 71.0 Å². The van der Waals surface area contributed by atoms with Crippen LogP contribution in [0.25, 0.3) is 21.9 Å². The van der Waals surface area contributed by atoms with Gasteiger partial charge in [0.05, 0.1) is 40.0 Å². The molecule has 480 valence electrons. The van der Waals surface area contributed by atoms with Crippen molar-refractivity contribution in [2.75, 3.05) is 20.3 Å². The fourth-order valence-electron chi connectivity index (χ4n) is 9.42. The Labute approximate surface area is 505 Å².